The molecule has 0 atom stereocenters. The van der Waals surface area contributed by atoms with Gasteiger partial charge in [0.25, 0.3) is 0 Å². The van der Waals surface area contributed by atoms with E-state index in [1.807, 2.05) is 0 Å². The molecule has 1 fully saturated rings. The first-order valence-electron chi connectivity index (χ1n) is 6.38. The van der Waals surface area contributed by atoms with E-state index in [0.717, 1.165) is 0 Å². The van der Waals surface area contributed by atoms with Gasteiger partial charge in [0.2, 0.25) is 0 Å². The summed E-state index contributed by atoms with van der Waals surface area (Å²) >= 11 is 0. The van der Waals surface area contributed by atoms with Crippen molar-refractivity contribution in [3.8, 4) is 0 Å². The first-order valence-corrected chi connectivity index (χ1v) is 6.38. The third-order valence-corrected chi connectivity index (χ3v) is 3.63. The van der Waals surface area contributed by atoms with Crippen molar-refractivity contribution >= 4 is 12.1 Å². The largest absolute Gasteiger partial charge is 0.465 e. The van der Waals surface area contributed by atoms with Gasteiger partial charge in [0.1, 0.15) is 5.82 Å². The lowest BCUT2D eigenvalue weighted by atomic mass is 9.88. The second-order valence-electron chi connectivity index (χ2n) is 4.77. The highest BCUT2D eigenvalue weighted by atomic mass is 19.1. The Balaban J connectivity index is 2.11. The molecule has 0 bridgehead atoms. The monoisotopic (exact) mass is 281 g/mol. The van der Waals surface area contributed by atoms with Crippen molar-refractivity contribution in [3.05, 3.63) is 35.1 Å². The summed E-state index contributed by atoms with van der Waals surface area (Å²) < 4.78 is 18.6. The number of carbonyl (C=O) groups is 2. The maximum atomic E-state index is 14.0. The SMILES string of the molecule is COC(=O)c1ccc(C2CCN(C(=O)O)CC2)c(F)c1. The second-order valence-corrected chi connectivity index (χ2v) is 4.77. The zero-order valence-corrected chi connectivity index (χ0v) is 11.1. The fourth-order valence-electron chi connectivity index (χ4n) is 2.48. The zero-order chi connectivity index (χ0) is 14.7. The molecular formula is C14H16FNO4. The van der Waals surface area contributed by atoms with Crippen LogP contribution in [0, 0.1) is 5.82 Å². The average molecular weight is 281 g/mol. The summed E-state index contributed by atoms with van der Waals surface area (Å²) in [5, 5.41) is 8.87. The highest BCUT2D eigenvalue weighted by molar-refractivity contribution is 5.89. The second kappa shape index (κ2) is 5.90. The number of hydrogen-bond acceptors (Lipinski definition) is 3. The van der Waals surface area contributed by atoms with Gasteiger partial charge in [0, 0.05) is 13.1 Å². The number of esters is 1. The van der Waals surface area contributed by atoms with Crippen LogP contribution in [0.15, 0.2) is 18.2 Å². The van der Waals surface area contributed by atoms with Crippen molar-refractivity contribution in [2.24, 2.45) is 0 Å². The summed E-state index contributed by atoms with van der Waals surface area (Å²) in [6, 6.07) is 4.29. The number of benzene rings is 1. The van der Waals surface area contributed by atoms with E-state index < -0.39 is 17.9 Å². The summed E-state index contributed by atoms with van der Waals surface area (Å²) in [7, 11) is 1.25. The maximum Gasteiger partial charge on any atom is 0.407 e. The molecule has 6 heteroatoms. The molecule has 0 aliphatic carbocycles. The van der Waals surface area contributed by atoms with Crippen LogP contribution in [0.2, 0.25) is 0 Å². The van der Waals surface area contributed by atoms with Crippen LogP contribution in [0.5, 0.6) is 0 Å². The van der Waals surface area contributed by atoms with Crippen LogP contribution in [0.4, 0.5) is 9.18 Å². The third-order valence-electron chi connectivity index (χ3n) is 3.63. The quantitative estimate of drug-likeness (QED) is 0.846. The Morgan fingerprint density at radius 1 is 1.35 bits per heavy atom. The molecule has 2 rings (SSSR count). The number of amides is 1. The summed E-state index contributed by atoms with van der Waals surface area (Å²) in [4.78, 5) is 23.5. The van der Waals surface area contributed by atoms with Crippen molar-refractivity contribution in [2.75, 3.05) is 20.2 Å². The summed E-state index contributed by atoms with van der Waals surface area (Å²) in [6.07, 6.45) is 0.228. The molecule has 1 aliphatic heterocycles. The van der Waals surface area contributed by atoms with Crippen LogP contribution in [0.25, 0.3) is 0 Å². The summed E-state index contributed by atoms with van der Waals surface area (Å²) in [5.41, 5.74) is 0.708. The van der Waals surface area contributed by atoms with Crippen molar-refractivity contribution in [2.45, 2.75) is 18.8 Å². The van der Waals surface area contributed by atoms with E-state index in [2.05, 4.69) is 4.74 Å². The predicted octanol–water partition coefficient (Wildman–Crippen LogP) is 2.47. The third kappa shape index (κ3) is 2.89. The van der Waals surface area contributed by atoms with Gasteiger partial charge in [-0.3, -0.25) is 0 Å². The van der Waals surface area contributed by atoms with E-state index in [-0.39, 0.29) is 11.5 Å². The predicted molar refractivity (Wildman–Crippen MR) is 69.3 cm³/mol. The van der Waals surface area contributed by atoms with Gasteiger partial charge >= 0.3 is 12.1 Å². The number of methoxy groups -OCH3 is 1. The number of ether oxygens (including phenoxy) is 1. The van der Waals surface area contributed by atoms with Crippen molar-refractivity contribution in [1.29, 1.82) is 0 Å². The lowest BCUT2D eigenvalue weighted by molar-refractivity contribution is 0.0600. The molecule has 0 unspecified atom stereocenters. The minimum Gasteiger partial charge on any atom is -0.465 e. The van der Waals surface area contributed by atoms with Crippen LogP contribution >= 0.6 is 0 Å². The first-order chi connectivity index (χ1) is 9.52. The van der Waals surface area contributed by atoms with Crippen molar-refractivity contribution in [3.63, 3.8) is 0 Å². The number of halogens is 1. The average Bonchev–Trinajstić information content (AvgIpc) is 2.46. The van der Waals surface area contributed by atoms with Gasteiger partial charge in [-0.2, -0.15) is 0 Å². The molecule has 1 amide bonds. The van der Waals surface area contributed by atoms with Gasteiger partial charge in [-0.15, -0.1) is 0 Å². The van der Waals surface area contributed by atoms with E-state index in [0.29, 0.717) is 31.5 Å². The van der Waals surface area contributed by atoms with E-state index in [1.165, 1.54) is 24.1 Å². The van der Waals surface area contributed by atoms with E-state index in [9.17, 15) is 14.0 Å². The fourth-order valence-corrected chi connectivity index (χ4v) is 2.48. The molecule has 1 saturated heterocycles. The fraction of sp³-hybridized carbons (Fsp3) is 0.429. The van der Waals surface area contributed by atoms with Crippen LogP contribution in [-0.4, -0.2) is 42.3 Å². The molecule has 0 spiro atoms. The Labute approximate surface area is 116 Å². The Bertz CT molecular complexity index is 524. The molecule has 1 N–H and O–H groups in total. The van der Waals surface area contributed by atoms with Crippen LogP contribution in [-0.2, 0) is 4.74 Å². The zero-order valence-electron chi connectivity index (χ0n) is 11.1. The summed E-state index contributed by atoms with van der Waals surface area (Å²) in [6.45, 7) is 0.802. The smallest absolute Gasteiger partial charge is 0.407 e. The molecule has 108 valence electrons. The van der Waals surface area contributed by atoms with Crippen molar-refractivity contribution in [1.82, 2.24) is 4.90 Å². The number of carboxylic acid groups (broad SMARTS) is 1. The Hall–Kier alpha value is -2.11. The molecule has 0 saturated carbocycles. The topological polar surface area (TPSA) is 66.8 Å². The lowest BCUT2D eigenvalue weighted by Crippen LogP contribution is -2.36. The van der Waals surface area contributed by atoms with E-state index >= 15 is 0 Å². The standard InChI is InChI=1S/C14H16FNO4/c1-20-13(17)10-2-3-11(12(15)8-10)9-4-6-16(7-5-9)14(18)19/h2-3,8-9H,4-7H2,1H3,(H,18,19). The Morgan fingerprint density at radius 2 is 2.00 bits per heavy atom. The lowest BCUT2D eigenvalue weighted by Gasteiger charge is -2.30. The van der Waals surface area contributed by atoms with Gasteiger partial charge in [-0.05, 0) is 36.5 Å². The Morgan fingerprint density at radius 3 is 2.50 bits per heavy atom. The van der Waals surface area contributed by atoms with Gasteiger partial charge in [-0.25, -0.2) is 14.0 Å². The van der Waals surface area contributed by atoms with E-state index in [1.54, 1.807) is 6.07 Å². The maximum absolute atomic E-state index is 14.0. The minimum absolute atomic E-state index is 0.0164. The molecule has 1 aromatic rings. The molecule has 20 heavy (non-hydrogen) atoms. The van der Waals surface area contributed by atoms with Crippen LogP contribution in [0.1, 0.15) is 34.7 Å². The molecule has 0 aromatic heterocycles. The number of carbonyl (C=O) groups excluding carboxylic acids is 1. The highest BCUT2D eigenvalue weighted by Crippen LogP contribution is 2.30. The van der Waals surface area contributed by atoms with Gasteiger partial charge in [0.05, 0.1) is 12.7 Å². The van der Waals surface area contributed by atoms with Gasteiger partial charge < -0.3 is 14.7 Å². The number of hydrogen-bond donors (Lipinski definition) is 1. The number of nitrogens with zero attached hydrogens (tertiary/aromatic N) is 1. The van der Waals surface area contributed by atoms with Gasteiger partial charge in [-0.1, -0.05) is 6.07 Å². The molecule has 0 radical (unpaired) electrons. The van der Waals surface area contributed by atoms with Crippen LogP contribution in [0.3, 0.4) is 0 Å². The van der Waals surface area contributed by atoms with Crippen LogP contribution < -0.4 is 0 Å². The number of piperidine rings is 1. The van der Waals surface area contributed by atoms with Gasteiger partial charge in [0.15, 0.2) is 0 Å². The molecular weight excluding hydrogens is 265 g/mol. The molecule has 1 aliphatic rings. The normalized spacial score (nSPS) is 16.0. The first kappa shape index (κ1) is 14.3. The van der Waals surface area contributed by atoms with E-state index in [4.69, 9.17) is 5.11 Å². The highest BCUT2D eigenvalue weighted by Gasteiger charge is 2.25. The molecule has 1 aromatic carbocycles. The minimum atomic E-state index is -0.940. The molecule has 1 heterocycles. The summed E-state index contributed by atoms with van der Waals surface area (Å²) in [5.74, 6) is -1.03. The number of rotatable bonds is 2. The number of likely N-dealkylation sites (tertiary alicyclic amines) is 1. The molecule has 5 nitrogen and oxygen atoms in total. The van der Waals surface area contributed by atoms with Crippen molar-refractivity contribution < 1.29 is 23.8 Å². The Kier molecular flexibility index (Phi) is 4.22.